The lowest BCUT2D eigenvalue weighted by Gasteiger charge is -2.18. The van der Waals surface area contributed by atoms with E-state index in [1.54, 1.807) is 29.1 Å². The van der Waals surface area contributed by atoms with Crippen molar-refractivity contribution >= 4 is 10.0 Å². The summed E-state index contributed by atoms with van der Waals surface area (Å²) in [5.41, 5.74) is 1.09. The van der Waals surface area contributed by atoms with E-state index in [4.69, 9.17) is 5.84 Å². The lowest BCUT2D eigenvalue weighted by molar-refractivity contribution is 0.580. The van der Waals surface area contributed by atoms with Gasteiger partial charge in [0.1, 0.15) is 0 Å². The van der Waals surface area contributed by atoms with Gasteiger partial charge in [-0.2, -0.15) is 4.83 Å². The summed E-state index contributed by atoms with van der Waals surface area (Å²) in [7, 11) is -3.53. The van der Waals surface area contributed by atoms with Crippen LogP contribution in [-0.4, -0.2) is 8.42 Å². The third-order valence-electron chi connectivity index (χ3n) is 2.19. The smallest absolute Gasteiger partial charge is 0.253 e. The Morgan fingerprint density at radius 2 is 1.60 bits per heavy atom. The first-order chi connectivity index (χ1) is 6.77. The monoisotopic (exact) mass is 228 g/mol. The van der Waals surface area contributed by atoms with Crippen LogP contribution in [-0.2, 0) is 15.4 Å². The molecule has 0 aromatic heterocycles. The molecule has 0 aliphatic carbocycles. The highest BCUT2D eigenvalue weighted by molar-refractivity contribution is 7.89. The lowest BCUT2D eigenvalue weighted by Crippen LogP contribution is -2.30. The summed E-state index contributed by atoms with van der Waals surface area (Å²) in [6.07, 6.45) is 0. The molecule has 15 heavy (non-hydrogen) atoms. The minimum Gasteiger partial charge on any atom is -0.257 e. The van der Waals surface area contributed by atoms with E-state index in [0.717, 1.165) is 5.56 Å². The summed E-state index contributed by atoms with van der Waals surface area (Å²) in [6, 6.07) is 6.69. The van der Waals surface area contributed by atoms with Crippen molar-refractivity contribution in [2.45, 2.75) is 31.1 Å². The van der Waals surface area contributed by atoms with Crippen molar-refractivity contribution in [2.75, 3.05) is 0 Å². The minimum atomic E-state index is -3.53. The molecule has 0 radical (unpaired) electrons. The Hall–Kier alpha value is -0.910. The van der Waals surface area contributed by atoms with Gasteiger partial charge in [-0.3, -0.25) is 5.84 Å². The van der Waals surface area contributed by atoms with E-state index in [-0.39, 0.29) is 10.3 Å². The maximum Gasteiger partial charge on any atom is 0.253 e. The van der Waals surface area contributed by atoms with Gasteiger partial charge in [0.2, 0.25) is 0 Å². The van der Waals surface area contributed by atoms with Crippen LogP contribution in [0.15, 0.2) is 29.2 Å². The van der Waals surface area contributed by atoms with Crippen LogP contribution in [0.2, 0.25) is 0 Å². The zero-order valence-electron chi connectivity index (χ0n) is 9.11. The molecule has 0 unspecified atom stereocenters. The Bertz CT molecular complexity index is 429. The highest BCUT2D eigenvalue weighted by Gasteiger charge is 2.16. The summed E-state index contributed by atoms with van der Waals surface area (Å²) < 4.78 is 22.7. The fraction of sp³-hybridized carbons (Fsp3) is 0.400. The fourth-order valence-electron chi connectivity index (χ4n) is 1.20. The highest BCUT2D eigenvalue weighted by atomic mass is 32.2. The molecule has 84 valence electrons. The average molecular weight is 228 g/mol. The maximum atomic E-state index is 11.3. The number of benzene rings is 1. The van der Waals surface area contributed by atoms with Gasteiger partial charge in [-0.1, -0.05) is 32.9 Å². The van der Waals surface area contributed by atoms with Gasteiger partial charge in [0.15, 0.2) is 0 Å². The molecule has 0 amide bonds. The molecule has 3 N–H and O–H groups in total. The van der Waals surface area contributed by atoms with Crippen LogP contribution in [0, 0.1) is 0 Å². The van der Waals surface area contributed by atoms with Gasteiger partial charge in [-0.15, -0.1) is 0 Å². The zero-order chi connectivity index (χ0) is 11.7. The molecule has 4 nitrogen and oxygen atoms in total. The van der Waals surface area contributed by atoms with Gasteiger partial charge >= 0.3 is 0 Å². The maximum absolute atomic E-state index is 11.3. The van der Waals surface area contributed by atoms with Gasteiger partial charge in [-0.25, -0.2) is 8.42 Å². The van der Waals surface area contributed by atoms with E-state index in [9.17, 15) is 8.42 Å². The summed E-state index contributed by atoms with van der Waals surface area (Å²) in [5, 5.41) is 0. The average Bonchev–Trinajstić information content (AvgIpc) is 2.17. The molecule has 0 bridgehead atoms. The van der Waals surface area contributed by atoms with E-state index in [1.165, 1.54) is 0 Å². The molecule has 0 heterocycles. The quantitative estimate of drug-likeness (QED) is 0.589. The molecule has 0 aliphatic heterocycles. The molecule has 1 aromatic rings. The number of sulfonamides is 1. The molecular weight excluding hydrogens is 212 g/mol. The Morgan fingerprint density at radius 3 is 1.93 bits per heavy atom. The summed E-state index contributed by atoms with van der Waals surface area (Å²) in [5.74, 6) is 4.92. The number of hydrogen-bond donors (Lipinski definition) is 2. The lowest BCUT2D eigenvalue weighted by atomic mass is 9.87. The van der Waals surface area contributed by atoms with Gasteiger partial charge in [0.05, 0.1) is 4.90 Å². The fourth-order valence-corrected chi connectivity index (χ4v) is 1.83. The highest BCUT2D eigenvalue weighted by Crippen LogP contribution is 2.23. The zero-order valence-corrected chi connectivity index (χ0v) is 9.93. The van der Waals surface area contributed by atoms with Crippen molar-refractivity contribution in [1.29, 1.82) is 0 Å². The topological polar surface area (TPSA) is 72.2 Å². The molecule has 0 saturated carbocycles. The number of hydrazine groups is 1. The van der Waals surface area contributed by atoms with Crippen molar-refractivity contribution in [3.63, 3.8) is 0 Å². The minimum absolute atomic E-state index is 0.0123. The Balaban J connectivity index is 3.12. The van der Waals surface area contributed by atoms with Crippen LogP contribution < -0.4 is 10.7 Å². The molecular formula is C10H16N2O2S. The largest absolute Gasteiger partial charge is 0.257 e. The molecule has 0 saturated heterocycles. The Labute approximate surface area is 90.5 Å². The molecule has 1 rings (SSSR count). The van der Waals surface area contributed by atoms with Crippen LogP contribution in [0.1, 0.15) is 26.3 Å². The van der Waals surface area contributed by atoms with Crippen molar-refractivity contribution in [2.24, 2.45) is 5.84 Å². The second-order valence-electron chi connectivity index (χ2n) is 4.40. The van der Waals surface area contributed by atoms with Gasteiger partial charge in [0.25, 0.3) is 10.0 Å². The first kappa shape index (κ1) is 12.2. The van der Waals surface area contributed by atoms with Crippen LogP contribution >= 0.6 is 0 Å². The normalized spacial score (nSPS) is 12.8. The molecule has 0 aliphatic rings. The predicted octanol–water partition coefficient (Wildman–Crippen LogP) is 1.14. The summed E-state index contributed by atoms with van der Waals surface area (Å²) in [6.45, 7) is 6.20. The second-order valence-corrected chi connectivity index (χ2v) is 6.11. The van der Waals surface area contributed by atoms with Crippen LogP contribution in [0.4, 0.5) is 0 Å². The molecule has 1 aromatic carbocycles. The molecule has 0 atom stereocenters. The SMILES string of the molecule is CC(C)(C)c1ccc(S(=O)(=O)NN)cc1. The first-order valence-electron chi connectivity index (χ1n) is 4.60. The second kappa shape index (κ2) is 3.92. The van der Waals surface area contributed by atoms with E-state index >= 15 is 0 Å². The molecule has 5 heteroatoms. The van der Waals surface area contributed by atoms with Gasteiger partial charge in [0, 0.05) is 0 Å². The summed E-state index contributed by atoms with van der Waals surface area (Å²) >= 11 is 0. The predicted molar refractivity (Wildman–Crippen MR) is 59.7 cm³/mol. The van der Waals surface area contributed by atoms with Crippen LogP contribution in [0.25, 0.3) is 0 Å². The van der Waals surface area contributed by atoms with Crippen LogP contribution in [0.3, 0.4) is 0 Å². The van der Waals surface area contributed by atoms with E-state index in [2.05, 4.69) is 20.8 Å². The van der Waals surface area contributed by atoms with E-state index < -0.39 is 10.0 Å². The van der Waals surface area contributed by atoms with Crippen molar-refractivity contribution in [3.05, 3.63) is 29.8 Å². The van der Waals surface area contributed by atoms with E-state index in [1.807, 2.05) is 0 Å². The van der Waals surface area contributed by atoms with Crippen LogP contribution in [0.5, 0.6) is 0 Å². The number of nitrogens with one attached hydrogen (secondary N) is 1. The Morgan fingerprint density at radius 1 is 1.13 bits per heavy atom. The third-order valence-corrected chi connectivity index (χ3v) is 3.39. The van der Waals surface area contributed by atoms with Crippen molar-refractivity contribution in [3.8, 4) is 0 Å². The molecule has 0 spiro atoms. The number of nitrogens with two attached hydrogens (primary N) is 1. The molecule has 0 fully saturated rings. The number of hydrogen-bond acceptors (Lipinski definition) is 3. The first-order valence-corrected chi connectivity index (χ1v) is 6.08. The van der Waals surface area contributed by atoms with Crippen molar-refractivity contribution < 1.29 is 8.42 Å². The standard InChI is InChI=1S/C10H16N2O2S/c1-10(2,3)8-4-6-9(7-5-8)15(13,14)12-11/h4-7,12H,11H2,1-3H3. The van der Waals surface area contributed by atoms with Gasteiger partial charge < -0.3 is 0 Å². The number of rotatable bonds is 2. The third kappa shape index (κ3) is 2.77. The van der Waals surface area contributed by atoms with Gasteiger partial charge in [-0.05, 0) is 23.1 Å². The summed E-state index contributed by atoms with van der Waals surface area (Å²) in [4.78, 5) is 1.97. The Kier molecular flexibility index (Phi) is 3.18. The van der Waals surface area contributed by atoms with E-state index in [0.29, 0.717) is 0 Å². The van der Waals surface area contributed by atoms with Crippen molar-refractivity contribution in [1.82, 2.24) is 4.83 Å².